The molecule has 8 aromatic rings. The highest BCUT2D eigenvalue weighted by Gasteiger charge is 2.19. The van der Waals surface area contributed by atoms with Crippen LogP contribution in [0.1, 0.15) is 5.56 Å². The van der Waals surface area contributed by atoms with Crippen LogP contribution >= 0.6 is 11.3 Å². The average Bonchev–Trinajstić information content (AvgIpc) is 3.57. The van der Waals surface area contributed by atoms with E-state index in [4.69, 9.17) is 0 Å². The summed E-state index contributed by atoms with van der Waals surface area (Å²) < 4.78 is 4.99. The van der Waals surface area contributed by atoms with Gasteiger partial charge in [0, 0.05) is 37.5 Å². The predicted molar refractivity (Wildman–Crippen MR) is 183 cm³/mol. The number of anilines is 2. The number of para-hydroxylation sites is 2. The Kier molecular flexibility index (Phi) is 5.69. The van der Waals surface area contributed by atoms with Crippen molar-refractivity contribution in [1.29, 1.82) is 0 Å². The van der Waals surface area contributed by atoms with Crippen molar-refractivity contribution < 1.29 is 0 Å². The fourth-order valence-electron chi connectivity index (χ4n) is 6.25. The van der Waals surface area contributed by atoms with Crippen LogP contribution < -0.4 is 5.32 Å². The number of benzene rings is 6. The number of rotatable bonds is 5. The normalized spacial score (nSPS) is 11.5. The Morgan fingerprint density at radius 1 is 0.619 bits per heavy atom. The predicted octanol–water partition coefficient (Wildman–Crippen LogP) is 11.2. The molecule has 0 aliphatic rings. The molecule has 0 fully saturated rings. The molecule has 0 saturated carbocycles. The van der Waals surface area contributed by atoms with Gasteiger partial charge in [0.1, 0.15) is 0 Å². The minimum atomic E-state index is 0.824. The van der Waals surface area contributed by atoms with Crippen LogP contribution in [0.15, 0.2) is 132 Å². The molecular formula is C38H27N3S. The van der Waals surface area contributed by atoms with E-state index in [1.165, 1.54) is 47.9 Å². The summed E-state index contributed by atoms with van der Waals surface area (Å²) in [6, 6.07) is 45.3. The third-order valence-electron chi connectivity index (χ3n) is 8.22. The highest BCUT2D eigenvalue weighted by molar-refractivity contribution is 7.26. The number of nitrogens with zero attached hydrogens (tertiary/aromatic N) is 2. The number of aryl methyl sites for hydroxylation is 1. The SMILES string of the molecule is C=Nc1cc2c3ccccc3n(-c3cccc4c3sc3ccccc34)c2cc1Nc1ccccc1-c1ccccc1C. The van der Waals surface area contributed by atoms with Crippen LogP contribution in [0.2, 0.25) is 0 Å². The van der Waals surface area contributed by atoms with Gasteiger partial charge in [-0.05, 0) is 61.2 Å². The van der Waals surface area contributed by atoms with Crippen molar-refractivity contribution in [3.05, 3.63) is 133 Å². The third-order valence-corrected chi connectivity index (χ3v) is 9.43. The molecule has 3 nitrogen and oxygen atoms in total. The van der Waals surface area contributed by atoms with Crippen LogP contribution in [-0.2, 0) is 0 Å². The van der Waals surface area contributed by atoms with Gasteiger partial charge in [0.15, 0.2) is 0 Å². The summed E-state index contributed by atoms with van der Waals surface area (Å²) in [5, 5.41) is 8.69. The van der Waals surface area contributed by atoms with Crippen LogP contribution in [-0.4, -0.2) is 11.3 Å². The average molecular weight is 558 g/mol. The first-order valence-electron chi connectivity index (χ1n) is 14.1. The molecule has 0 radical (unpaired) electrons. The summed E-state index contributed by atoms with van der Waals surface area (Å²) in [6.07, 6.45) is 0. The Morgan fingerprint density at radius 3 is 2.19 bits per heavy atom. The third kappa shape index (κ3) is 3.76. The first-order chi connectivity index (χ1) is 20.7. The maximum absolute atomic E-state index is 4.48. The van der Waals surface area contributed by atoms with Crippen molar-refractivity contribution in [2.45, 2.75) is 6.92 Å². The molecule has 0 aliphatic carbocycles. The largest absolute Gasteiger partial charge is 0.353 e. The zero-order chi connectivity index (χ0) is 28.2. The molecule has 4 heteroatoms. The van der Waals surface area contributed by atoms with Gasteiger partial charge in [0.2, 0.25) is 0 Å². The summed E-state index contributed by atoms with van der Waals surface area (Å²) in [5.41, 5.74) is 9.86. The van der Waals surface area contributed by atoms with Crippen LogP contribution in [0.5, 0.6) is 0 Å². The van der Waals surface area contributed by atoms with E-state index in [2.05, 4.69) is 156 Å². The first-order valence-corrected chi connectivity index (χ1v) is 14.9. The van der Waals surface area contributed by atoms with E-state index in [9.17, 15) is 0 Å². The van der Waals surface area contributed by atoms with Gasteiger partial charge in [-0.15, -0.1) is 11.3 Å². The minimum absolute atomic E-state index is 0.824. The fraction of sp³-hybridized carbons (Fsp3) is 0.0263. The fourth-order valence-corrected chi connectivity index (χ4v) is 7.46. The second-order valence-electron chi connectivity index (χ2n) is 10.6. The Labute approximate surface area is 248 Å². The molecule has 200 valence electrons. The Bertz CT molecular complexity index is 2320. The summed E-state index contributed by atoms with van der Waals surface area (Å²) in [7, 11) is 0. The van der Waals surface area contributed by atoms with Gasteiger partial charge < -0.3 is 9.88 Å². The second-order valence-corrected chi connectivity index (χ2v) is 11.7. The Hall–Kier alpha value is -5.19. The molecule has 0 bridgehead atoms. The van der Waals surface area contributed by atoms with E-state index in [1.807, 2.05) is 11.3 Å². The van der Waals surface area contributed by atoms with Crippen molar-refractivity contribution in [2.24, 2.45) is 4.99 Å². The number of fused-ring (bicyclic) bond motifs is 6. The monoisotopic (exact) mass is 557 g/mol. The van der Waals surface area contributed by atoms with Gasteiger partial charge in [0.25, 0.3) is 0 Å². The summed E-state index contributed by atoms with van der Waals surface area (Å²) in [6.45, 7) is 6.10. The quantitative estimate of drug-likeness (QED) is 0.210. The number of hydrogen-bond acceptors (Lipinski definition) is 3. The van der Waals surface area contributed by atoms with Crippen LogP contribution in [0, 0.1) is 6.92 Å². The number of nitrogens with one attached hydrogen (secondary N) is 1. The van der Waals surface area contributed by atoms with Gasteiger partial charge in [-0.3, -0.25) is 4.99 Å². The van der Waals surface area contributed by atoms with Gasteiger partial charge in [-0.25, -0.2) is 0 Å². The smallest absolute Gasteiger partial charge is 0.0864 e. The maximum Gasteiger partial charge on any atom is 0.0864 e. The number of aliphatic imine (C=N–C) groups is 1. The lowest BCUT2D eigenvalue weighted by Gasteiger charge is -2.16. The van der Waals surface area contributed by atoms with E-state index in [1.54, 1.807) is 0 Å². The number of aromatic nitrogens is 1. The van der Waals surface area contributed by atoms with E-state index >= 15 is 0 Å². The summed E-state index contributed by atoms with van der Waals surface area (Å²) >= 11 is 1.85. The van der Waals surface area contributed by atoms with Crippen molar-refractivity contribution in [3.63, 3.8) is 0 Å². The lowest BCUT2D eigenvalue weighted by Crippen LogP contribution is -1.97. The van der Waals surface area contributed by atoms with Gasteiger partial charge in [0.05, 0.1) is 32.8 Å². The molecule has 0 aliphatic heterocycles. The molecule has 8 rings (SSSR count). The molecule has 42 heavy (non-hydrogen) atoms. The standard InChI is InChI=1S/C38H27N3S/c1-24-12-3-4-13-25(24)26-14-5-8-18-31(26)40-33-23-36-30(22-32(33)39-2)27-15-6-9-19-34(27)41(36)35-20-11-17-29-28-16-7-10-21-37(28)42-38(29)35/h3-23,40H,2H2,1H3. The molecule has 6 aromatic carbocycles. The van der Waals surface area contributed by atoms with Crippen LogP contribution in [0.25, 0.3) is 58.8 Å². The topological polar surface area (TPSA) is 29.3 Å². The Balaban J connectivity index is 1.39. The van der Waals surface area contributed by atoms with E-state index in [-0.39, 0.29) is 0 Å². The highest BCUT2D eigenvalue weighted by Crippen LogP contribution is 2.44. The number of hydrogen-bond donors (Lipinski definition) is 1. The Morgan fingerprint density at radius 2 is 1.33 bits per heavy atom. The van der Waals surface area contributed by atoms with Gasteiger partial charge in [-0.1, -0.05) is 91.0 Å². The van der Waals surface area contributed by atoms with E-state index in [0.717, 1.165) is 33.5 Å². The van der Waals surface area contributed by atoms with Crippen molar-refractivity contribution in [2.75, 3.05) is 5.32 Å². The van der Waals surface area contributed by atoms with E-state index in [0.29, 0.717) is 0 Å². The minimum Gasteiger partial charge on any atom is -0.353 e. The maximum atomic E-state index is 4.48. The molecule has 0 unspecified atom stereocenters. The summed E-state index contributed by atoms with van der Waals surface area (Å²) in [5.74, 6) is 0. The van der Waals surface area contributed by atoms with Crippen molar-refractivity contribution in [1.82, 2.24) is 4.57 Å². The highest BCUT2D eigenvalue weighted by atomic mass is 32.1. The molecule has 1 N–H and O–H groups in total. The number of thiophene rings is 1. The molecule has 0 amide bonds. The van der Waals surface area contributed by atoms with Crippen molar-refractivity contribution in [3.8, 4) is 16.8 Å². The van der Waals surface area contributed by atoms with Crippen LogP contribution in [0.3, 0.4) is 0 Å². The molecular weight excluding hydrogens is 531 g/mol. The summed E-state index contributed by atoms with van der Waals surface area (Å²) in [4.78, 5) is 4.48. The van der Waals surface area contributed by atoms with E-state index < -0.39 is 0 Å². The first kappa shape index (κ1) is 24.6. The molecule has 0 spiro atoms. The van der Waals surface area contributed by atoms with Gasteiger partial charge in [-0.2, -0.15) is 0 Å². The second kappa shape index (κ2) is 9.72. The molecule has 2 heterocycles. The molecule has 0 saturated heterocycles. The molecule has 0 atom stereocenters. The van der Waals surface area contributed by atoms with Crippen molar-refractivity contribution >= 4 is 77.1 Å². The lowest BCUT2D eigenvalue weighted by atomic mass is 9.99. The van der Waals surface area contributed by atoms with Gasteiger partial charge >= 0.3 is 0 Å². The molecule has 2 aromatic heterocycles. The van der Waals surface area contributed by atoms with Crippen LogP contribution in [0.4, 0.5) is 17.1 Å². The zero-order valence-corrected chi connectivity index (χ0v) is 24.0. The lowest BCUT2D eigenvalue weighted by molar-refractivity contribution is 1.20. The zero-order valence-electron chi connectivity index (χ0n) is 23.1.